The van der Waals surface area contributed by atoms with E-state index in [4.69, 9.17) is 14.2 Å². The van der Waals surface area contributed by atoms with Crippen LogP contribution in [0, 0.1) is 0 Å². The maximum absolute atomic E-state index is 13.0. The predicted molar refractivity (Wildman–Crippen MR) is 133 cm³/mol. The van der Waals surface area contributed by atoms with E-state index >= 15 is 0 Å². The number of benzene rings is 4. The first-order valence-electron chi connectivity index (χ1n) is 11.3. The summed E-state index contributed by atoms with van der Waals surface area (Å²) in [6, 6.07) is 24.3. The zero-order chi connectivity index (χ0) is 24.1. The van der Waals surface area contributed by atoms with Crippen LogP contribution in [0.3, 0.4) is 0 Å². The minimum atomic E-state index is -0.487. The van der Waals surface area contributed by atoms with E-state index in [2.05, 4.69) is 6.58 Å². The summed E-state index contributed by atoms with van der Waals surface area (Å²) in [4.78, 5) is 25.7. The number of carbonyl (C=O) groups excluding carboxylic acids is 2. The van der Waals surface area contributed by atoms with Gasteiger partial charge in [0.2, 0.25) is 0 Å². The molecule has 0 saturated carbocycles. The quantitative estimate of drug-likeness (QED) is 0.331. The molecule has 2 aliphatic rings. The molecule has 6 rings (SSSR count). The van der Waals surface area contributed by atoms with Crippen LogP contribution in [0.4, 0.5) is 0 Å². The van der Waals surface area contributed by atoms with Crippen molar-refractivity contribution >= 4 is 39.4 Å². The molecule has 170 valence electrons. The van der Waals surface area contributed by atoms with Gasteiger partial charge in [-0.1, -0.05) is 67.2 Å². The van der Waals surface area contributed by atoms with Crippen molar-refractivity contribution in [1.29, 1.82) is 0 Å². The van der Waals surface area contributed by atoms with Crippen LogP contribution in [-0.4, -0.2) is 18.5 Å². The molecule has 4 aromatic rings. The normalized spacial score (nSPS) is 14.0. The van der Waals surface area contributed by atoms with Gasteiger partial charge in [-0.2, -0.15) is 0 Å². The fourth-order valence-electron chi connectivity index (χ4n) is 4.76. The molecule has 5 nitrogen and oxygen atoms in total. The summed E-state index contributed by atoms with van der Waals surface area (Å²) < 4.78 is 17.0. The maximum Gasteiger partial charge on any atom is 0.344 e. The zero-order valence-electron chi connectivity index (χ0n) is 19.0. The summed E-state index contributed by atoms with van der Waals surface area (Å²) in [5.41, 5.74) is 2.88. The van der Waals surface area contributed by atoms with Crippen molar-refractivity contribution in [2.45, 2.75) is 6.92 Å². The van der Waals surface area contributed by atoms with E-state index in [-0.39, 0.29) is 0 Å². The predicted octanol–water partition coefficient (Wildman–Crippen LogP) is 4.14. The second-order valence-electron chi connectivity index (χ2n) is 8.31. The maximum atomic E-state index is 13.0. The lowest BCUT2D eigenvalue weighted by molar-refractivity contribution is -0.128. The Hall–Kier alpha value is -4.64. The Morgan fingerprint density at radius 1 is 0.800 bits per heavy atom. The molecular formula is C30H20O5. The van der Waals surface area contributed by atoms with Crippen LogP contribution < -0.4 is 24.6 Å². The molecule has 0 atom stereocenters. The third-order valence-electron chi connectivity index (χ3n) is 6.31. The van der Waals surface area contributed by atoms with Gasteiger partial charge in [0.25, 0.3) is 0 Å². The van der Waals surface area contributed by atoms with Crippen LogP contribution in [0.2, 0.25) is 0 Å². The summed E-state index contributed by atoms with van der Waals surface area (Å²) in [5.74, 6) is 0.630. The van der Waals surface area contributed by atoms with Crippen molar-refractivity contribution in [3.63, 3.8) is 0 Å². The Bertz CT molecular complexity index is 1700. The molecule has 2 heterocycles. The molecule has 2 aliphatic heterocycles. The van der Waals surface area contributed by atoms with E-state index in [1.807, 2.05) is 73.7 Å². The molecular weight excluding hydrogens is 440 g/mol. The average Bonchev–Trinajstić information content (AvgIpc) is 3.36. The molecule has 0 spiro atoms. The van der Waals surface area contributed by atoms with E-state index in [0.717, 1.165) is 27.6 Å². The standard InChI is InChI=1S/C30H20O5/c1-3-33-24-14-13-19(20-11-7-8-12-21(20)24)17(2)27-22-15-26-23(16-25(22)34-29(27)31)28(30(32)35-26)18-9-5-4-6-10-18/h4-16H,2-3H2,1H3. The van der Waals surface area contributed by atoms with Gasteiger partial charge in [0.1, 0.15) is 17.2 Å². The molecule has 0 bridgehead atoms. The van der Waals surface area contributed by atoms with Crippen molar-refractivity contribution in [3.05, 3.63) is 107 Å². The van der Waals surface area contributed by atoms with Gasteiger partial charge in [0, 0.05) is 15.8 Å². The van der Waals surface area contributed by atoms with Crippen LogP contribution in [0.5, 0.6) is 17.2 Å². The number of hydrogen-bond donors (Lipinski definition) is 0. The van der Waals surface area contributed by atoms with Crippen LogP contribution in [0.1, 0.15) is 18.1 Å². The van der Waals surface area contributed by atoms with E-state index in [1.165, 1.54) is 0 Å². The summed E-state index contributed by atoms with van der Waals surface area (Å²) in [5, 5.41) is 3.01. The highest BCUT2D eigenvalue weighted by Gasteiger charge is 2.31. The second kappa shape index (κ2) is 7.99. The minimum Gasteiger partial charge on any atom is -0.493 e. The molecule has 0 saturated heterocycles. The van der Waals surface area contributed by atoms with E-state index in [1.54, 1.807) is 12.1 Å². The highest BCUT2D eigenvalue weighted by Crippen LogP contribution is 2.36. The van der Waals surface area contributed by atoms with Gasteiger partial charge >= 0.3 is 11.9 Å². The van der Waals surface area contributed by atoms with Crippen molar-refractivity contribution in [2.24, 2.45) is 0 Å². The Morgan fingerprint density at radius 3 is 2.23 bits per heavy atom. The van der Waals surface area contributed by atoms with Gasteiger partial charge in [-0.15, -0.1) is 0 Å². The summed E-state index contributed by atoms with van der Waals surface area (Å²) in [7, 11) is 0. The molecule has 0 unspecified atom stereocenters. The lowest BCUT2D eigenvalue weighted by Gasteiger charge is -2.13. The van der Waals surface area contributed by atoms with Crippen molar-refractivity contribution in [3.8, 4) is 17.2 Å². The van der Waals surface area contributed by atoms with Crippen molar-refractivity contribution < 1.29 is 23.8 Å². The summed E-state index contributed by atoms with van der Waals surface area (Å²) in [6.45, 7) is 6.75. The molecule has 0 fully saturated rings. The largest absolute Gasteiger partial charge is 0.493 e. The molecule has 0 N–H and O–H groups in total. The average molecular weight is 460 g/mol. The highest BCUT2D eigenvalue weighted by molar-refractivity contribution is 6.31. The summed E-state index contributed by atoms with van der Waals surface area (Å²) >= 11 is 0. The monoisotopic (exact) mass is 460 g/mol. The third kappa shape index (κ3) is 3.24. The fourth-order valence-corrected chi connectivity index (χ4v) is 4.76. The van der Waals surface area contributed by atoms with Gasteiger partial charge in [-0.3, -0.25) is 0 Å². The van der Waals surface area contributed by atoms with Crippen molar-refractivity contribution in [2.75, 3.05) is 6.61 Å². The number of ether oxygens (including phenoxy) is 3. The van der Waals surface area contributed by atoms with Crippen molar-refractivity contribution in [1.82, 2.24) is 0 Å². The van der Waals surface area contributed by atoms with Gasteiger partial charge in [0.05, 0.1) is 17.8 Å². The number of carbonyl (C=O) groups is 2. The second-order valence-corrected chi connectivity index (χ2v) is 8.31. The van der Waals surface area contributed by atoms with Crippen LogP contribution in [0.15, 0.2) is 85.4 Å². The van der Waals surface area contributed by atoms with Gasteiger partial charge in [-0.25, -0.2) is 9.59 Å². The Morgan fingerprint density at radius 2 is 1.46 bits per heavy atom. The van der Waals surface area contributed by atoms with E-state index < -0.39 is 11.9 Å². The molecule has 5 heteroatoms. The molecule has 0 amide bonds. The van der Waals surface area contributed by atoms with E-state index in [0.29, 0.717) is 45.3 Å². The Kier molecular flexibility index (Phi) is 4.78. The number of esters is 2. The number of rotatable bonds is 5. The molecule has 35 heavy (non-hydrogen) atoms. The zero-order valence-corrected chi connectivity index (χ0v) is 19.0. The lowest BCUT2D eigenvalue weighted by atomic mass is 9.93. The number of fused-ring (bicyclic) bond motifs is 3. The first kappa shape index (κ1) is 20.9. The fraction of sp³-hybridized carbons (Fsp3) is 0.0667. The molecule has 0 radical (unpaired) electrons. The van der Waals surface area contributed by atoms with E-state index in [9.17, 15) is 9.59 Å². The van der Waals surface area contributed by atoms with Gasteiger partial charge in [-0.05, 0) is 47.2 Å². The molecule has 0 aliphatic carbocycles. The topological polar surface area (TPSA) is 61.8 Å². The summed E-state index contributed by atoms with van der Waals surface area (Å²) in [6.07, 6.45) is 0. The van der Waals surface area contributed by atoms with Crippen LogP contribution in [0.25, 0.3) is 27.5 Å². The first-order valence-corrected chi connectivity index (χ1v) is 11.3. The third-order valence-corrected chi connectivity index (χ3v) is 6.31. The highest BCUT2D eigenvalue weighted by atomic mass is 16.5. The molecule has 0 aromatic heterocycles. The first-order chi connectivity index (χ1) is 17.1. The Balaban J connectivity index is 1.55. The Labute approximate surface area is 201 Å². The van der Waals surface area contributed by atoms with Gasteiger partial charge < -0.3 is 14.2 Å². The van der Waals surface area contributed by atoms with Crippen LogP contribution in [-0.2, 0) is 9.59 Å². The smallest absolute Gasteiger partial charge is 0.344 e. The minimum absolute atomic E-state index is 0.348. The number of hydrogen-bond acceptors (Lipinski definition) is 5. The lowest BCUT2D eigenvalue weighted by Crippen LogP contribution is -2.11. The van der Waals surface area contributed by atoms with Crippen LogP contribution >= 0.6 is 0 Å². The molecule has 4 aromatic carbocycles. The SMILES string of the molecule is C=C(C1=c2cc3c(cc2OC1=O)=C(c1ccccc1)C(=O)O3)c1ccc(OCC)c2ccccc12. The van der Waals surface area contributed by atoms with Gasteiger partial charge in [0.15, 0.2) is 0 Å².